The zero-order valence-electron chi connectivity index (χ0n) is 9.88. The van der Waals surface area contributed by atoms with E-state index in [1.54, 1.807) is 0 Å². The lowest BCUT2D eigenvalue weighted by Gasteiger charge is -2.06. The van der Waals surface area contributed by atoms with Gasteiger partial charge in [0.25, 0.3) is 0 Å². The highest BCUT2D eigenvalue weighted by Crippen LogP contribution is 2.28. The molecule has 0 fully saturated rings. The van der Waals surface area contributed by atoms with Gasteiger partial charge < -0.3 is 9.14 Å². The van der Waals surface area contributed by atoms with Gasteiger partial charge in [-0.05, 0) is 46.3 Å². The molecule has 0 saturated heterocycles. The third kappa shape index (κ3) is 2.82. The Labute approximate surface area is 127 Å². The van der Waals surface area contributed by atoms with Crippen LogP contribution in [-0.4, -0.2) is 9.38 Å². The van der Waals surface area contributed by atoms with Crippen LogP contribution < -0.4 is 4.74 Å². The van der Waals surface area contributed by atoms with Gasteiger partial charge in [0.1, 0.15) is 18.0 Å². The molecule has 2 aromatic heterocycles. The van der Waals surface area contributed by atoms with Gasteiger partial charge in [-0.25, -0.2) is 4.98 Å². The van der Waals surface area contributed by atoms with Gasteiger partial charge in [0, 0.05) is 16.9 Å². The van der Waals surface area contributed by atoms with Gasteiger partial charge >= 0.3 is 0 Å². The highest BCUT2D eigenvalue weighted by Gasteiger charge is 2.05. The van der Waals surface area contributed by atoms with E-state index in [4.69, 9.17) is 4.74 Å². The first-order valence-electron chi connectivity index (χ1n) is 5.73. The summed E-state index contributed by atoms with van der Waals surface area (Å²) in [6.07, 6.45) is 3.95. The first kappa shape index (κ1) is 12.7. The van der Waals surface area contributed by atoms with Gasteiger partial charge in [0.15, 0.2) is 0 Å². The first-order valence-corrected chi connectivity index (χ1v) is 7.31. The molecular weight excluding hydrogens is 372 g/mol. The molecule has 0 spiro atoms. The van der Waals surface area contributed by atoms with Crippen molar-refractivity contribution in [2.24, 2.45) is 0 Å². The second-order valence-corrected chi connectivity index (χ2v) is 5.83. The van der Waals surface area contributed by atoms with Gasteiger partial charge in [0.2, 0.25) is 0 Å². The summed E-state index contributed by atoms with van der Waals surface area (Å²) in [7, 11) is 0. The standard InChI is InChI=1S/C14H10Br2N2O/c15-10-4-5-13(12(16)7-10)19-9-11-8-18-6-2-1-3-14(18)17-11/h1-8H,9H2. The summed E-state index contributed by atoms with van der Waals surface area (Å²) in [5, 5.41) is 0. The average Bonchev–Trinajstić information content (AvgIpc) is 2.80. The average molecular weight is 382 g/mol. The molecule has 0 aliphatic rings. The number of nitrogens with zero attached hydrogens (tertiary/aromatic N) is 2. The molecule has 0 N–H and O–H groups in total. The van der Waals surface area contributed by atoms with Crippen LogP contribution in [0.1, 0.15) is 5.69 Å². The fourth-order valence-electron chi connectivity index (χ4n) is 1.80. The Morgan fingerprint density at radius 2 is 2.05 bits per heavy atom. The fraction of sp³-hybridized carbons (Fsp3) is 0.0714. The number of hydrogen-bond donors (Lipinski definition) is 0. The van der Waals surface area contributed by atoms with Crippen LogP contribution in [0.15, 0.2) is 57.7 Å². The normalized spacial score (nSPS) is 10.8. The van der Waals surface area contributed by atoms with Crippen molar-refractivity contribution in [1.29, 1.82) is 0 Å². The zero-order valence-corrected chi connectivity index (χ0v) is 13.1. The minimum Gasteiger partial charge on any atom is -0.486 e. The lowest BCUT2D eigenvalue weighted by atomic mass is 10.3. The summed E-state index contributed by atoms with van der Waals surface area (Å²) in [5.74, 6) is 0.806. The SMILES string of the molecule is Brc1ccc(OCc2cn3ccccc3n2)c(Br)c1. The molecule has 0 radical (unpaired) electrons. The maximum Gasteiger partial charge on any atom is 0.137 e. The van der Waals surface area contributed by atoms with Gasteiger partial charge in [-0.2, -0.15) is 0 Å². The van der Waals surface area contributed by atoms with Crippen molar-refractivity contribution in [2.45, 2.75) is 6.61 Å². The highest BCUT2D eigenvalue weighted by molar-refractivity contribution is 9.11. The van der Waals surface area contributed by atoms with E-state index in [9.17, 15) is 0 Å². The number of hydrogen-bond acceptors (Lipinski definition) is 2. The smallest absolute Gasteiger partial charge is 0.137 e. The zero-order chi connectivity index (χ0) is 13.2. The molecule has 3 aromatic rings. The van der Waals surface area contributed by atoms with E-state index >= 15 is 0 Å². The summed E-state index contributed by atoms with van der Waals surface area (Å²) >= 11 is 6.89. The van der Waals surface area contributed by atoms with Crippen LogP contribution >= 0.6 is 31.9 Å². The Kier molecular flexibility index (Phi) is 3.57. The molecule has 0 aliphatic heterocycles. The van der Waals surface area contributed by atoms with Crippen LogP contribution in [0.5, 0.6) is 5.75 Å². The number of halogens is 2. The molecule has 0 atom stereocenters. The Hall–Kier alpha value is -1.33. The minimum atomic E-state index is 0.446. The molecule has 3 nitrogen and oxygen atoms in total. The van der Waals surface area contributed by atoms with Crippen molar-refractivity contribution in [2.75, 3.05) is 0 Å². The number of pyridine rings is 1. The summed E-state index contributed by atoms with van der Waals surface area (Å²) in [6.45, 7) is 0.446. The topological polar surface area (TPSA) is 26.5 Å². The fourth-order valence-corrected chi connectivity index (χ4v) is 2.96. The summed E-state index contributed by atoms with van der Waals surface area (Å²) < 4.78 is 9.68. The monoisotopic (exact) mass is 380 g/mol. The van der Waals surface area contributed by atoms with Crippen LogP contribution in [0.3, 0.4) is 0 Å². The van der Waals surface area contributed by atoms with Crippen LogP contribution in [0, 0.1) is 0 Å². The molecule has 5 heteroatoms. The van der Waals surface area contributed by atoms with Crippen LogP contribution in [-0.2, 0) is 6.61 Å². The molecule has 3 rings (SSSR count). The van der Waals surface area contributed by atoms with Gasteiger partial charge in [0.05, 0.1) is 10.2 Å². The molecule has 2 heterocycles. The van der Waals surface area contributed by atoms with Gasteiger partial charge in [-0.15, -0.1) is 0 Å². The summed E-state index contributed by atoms with van der Waals surface area (Å²) in [5.41, 5.74) is 1.83. The van der Waals surface area contributed by atoms with Crippen molar-refractivity contribution >= 4 is 37.5 Å². The Bertz CT molecular complexity index is 691. The molecule has 0 bridgehead atoms. The largest absolute Gasteiger partial charge is 0.486 e. The molecule has 1 aromatic carbocycles. The Morgan fingerprint density at radius 1 is 1.16 bits per heavy atom. The number of imidazole rings is 1. The first-order chi connectivity index (χ1) is 9.22. The van der Waals surface area contributed by atoms with Crippen molar-refractivity contribution in [3.8, 4) is 5.75 Å². The quantitative estimate of drug-likeness (QED) is 0.670. The molecular formula is C14H10Br2N2O. The molecule has 0 amide bonds. The lowest BCUT2D eigenvalue weighted by molar-refractivity contribution is 0.300. The van der Waals surface area contributed by atoms with E-state index in [1.165, 1.54) is 0 Å². The molecule has 0 aliphatic carbocycles. The van der Waals surface area contributed by atoms with Gasteiger partial charge in [-0.1, -0.05) is 22.0 Å². The van der Waals surface area contributed by atoms with Crippen molar-refractivity contribution in [1.82, 2.24) is 9.38 Å². The number of benzene rings is 1. The number of aromatic nitrogens is 2. The maximum absolute atomic E-state index is 5.76. The van der Waals surface area contributed by atoms with E-state index in [1.807, 2.05) is 53.2 Å². The maximum atomic E-state index is 5.76. The van der Waals surface area contributed by atoms with Crippen LogP contribution in [0.2, 0.25) is 0 Å². The lowest BCUT2D eigenvalue weighted by Crippen LogP contribution is -1.96. The molecule has 19 heavy (non-hydrogen) atoms. The van der Waals surface area contributed by atoms with E-state index in [0.717, 1.165) is 26.0 Å². The summed E-state index contributed by atoms with van der Waals surface area (Å²) in [6, 6.07) is 11.7. The van der Waals surface area contributed by atoms with Crippen molar-refractivity contribution < 1.29 is 4.74 Å². The van der Waals surface area contributed by atoms with E-state index < -0.39 is 0 Å². The highest BCUT2D eigenvalue weighted by atomic mass is 79.9. The Morgan fingerprint density at radius 3 is 2.84 bits per heavy atom. The van der Waals surface area contributed by atoms with Gasteiger partial charge in [-0.3, -0.25) is 0 Å². The second-order valence-electron chi connectivity index (χ2n) is 4.06. The van der Waals surface area contributed by atoms with Crippen molar-refractivity contribution in [3.63, 3.8) is 0 Å². The third-order valence-electron chi connectivity index (χ3n) is 2.68. The summed E-state index contributed by atoms with van der Waals surface area (Å²) in [4.78, 5) is 4.49. The number of ether oxygens (including phenoxy) is 1. The Balaban J connectivity index is 1.78. The number of fused-ring (bicyclic) bond motifs is 1. The minimum absolute atomic E-state index is 0.446. The second kappa shape index (κ2) is 5.35. The molecule has 96 valence electrons. The third-order valence-corrected chi connectivity index (χ3v) is 3.80. The van der Waals surface area contributed by atoms with Crippen LogP contribution in [0.4, 0.5) is 0 Å². The van der Waals surface area contributed by atoms with E-state index in [2.05, 4.69) is 36.8 Å². The molecule has 0 saturated carbocycles. The van der Waals surface area contributed by atoms with E-state index in [0.29, 0.717) is 6.61 Å². The van der Waals surface area contributed by atoms with E-state index in [-0.39, 0.29) is 0 Å². The number of rotatable bonds is 3. The van der Waals surface area contributed by atoms with Crippen LogP contribution in [0.25, 0.3) is 5.65 Å². The predicted octanol–water partition coefficient (Wildman–Crippen LogP) is 4.44. The molecule has 0 unspecified atom stereocenters. The van der Waals surface area contributed by atoms with Crippen molar-refractivity contribution in [3.05, 3.63) is 63.4 Å². The predicted molar refractivity (Wildman–Crippen MR) is 81.4 cm³/mol.